The molecule has 2 rings (SSSR count). The topological polar surface area (TPSA) is 29.1 Å². The second-order valence-electron chi connectivity index (χ2n) is 2.57. The van der Waals surface area contributed by atoms with Gasteiger partial charge in [0, 0.05) is 16.6 Å². The molecule has 0 aromatic heterocycles. The maximum Gasteiger partial charge on any atom is 0.253 e. The fraction of sp³-hybridized carbons (Fsp3) is 0.125. The normalized spacial score (nSPS) is 14.3. The summed E-state index contributed by atoms with van der Waals surface area (Å²) in [5.74, 6) is -0.539. The molecule has 1 N–H and O–H groups in total. The molecule has 0 bridgehead atoms. The summed E-state index contributed by atoms with van der Waals surface area (Å²) >= 11 is 3.19. The lowest BCUT2D eigenvalue weighted by molar-refractivity contribution is 0.0965. The van der Waals surface area contributed by atoms with Gasteiger partial charge in [-0.05, 0) is 28.1 Å². The Bertz CT molecular complexity index is 364. The molecule has 0 radical (unpaired) electrons. The van der Waals surface area contributed by atoms with Gasteiger partial charge in [0.25, 0.3) is 5.91 Å². The Morgan fingerprint density at radius 1 is 1.50 bits per heavy atom. The number of benzene rings is 1. The highest BCUT2D eigenvalue weighted by Gasteiger charge is 2.24. The molecule has 0 saturated carbocycles. The van der Waals surface area contributed by atoms with Gasteiger partial charge in [0.05, 0.1) is 5.56 Å². The van der Waals surface area contributed by atoms with Gasteiger partial charge >= 0.3 is 0 Å². The smallest absolute Gasteiger partial charge is 0.253 e. The van der Waals surface area contributed by atoms with E-state index in [0.29, 0.717) is 22.1 Å². The summed E-state index contributed by atoms with van der Waals surface area (Å²) < 4.78 is 13.7. The van der Waals surface area contributed by atoms with Crippen LogP contribution in [0, 0.1) is 5.82 Å². The van der Waals surface area contributed by atoms with Gasteiger partial charge in [-0.25, -0.2) is 4.39 Å². The molecule has 2 nitrogen and oxygen atoms in total. The van der Waals surface area contributed by atoms with Crippen LogP contribution in [-0.2, 0) is 6.54 Å². The van der Waals surface area contributed by atoms with Crippen LogP contribution in [0.25, 0.3) is 0 Å². The SMILES string of the molecule is O=C1NCc2c(F)ccc(Br)c21. The highest BCUT2D eigenvalue weighted by Crippen LogP contribution is 2.26. The van der Waals surface area contributed by atoms with Gasteiger partial charge in [0.2, 0.25) is 0 Å². The molecule has 4 heteroatoms. The van der Waals surface area contributed by atoms with Gasteiger partial charge in [0.1, 0.15) is 5.82 Å². The Balaban J connectivity index is 2.72. The first-order valence-electron chi connectivity index (χ1n) is 3.45. The van der Waals surface area contributed by atoms with Crippen molar-refractivity contribution in [1.82, 2.24) is 5.32 Å². The van der Waals surface area contributed by atoms with Gasteiger partial charge in [-0.3, -0.25) is 4.79 Å². The molecule has 0 atom stereocenters. The lowest BCUT2D eigenvalue weighted by Gasteiger charge is -1.99. The van der Waals surface area contributed by atoms with E-state index in [4.69, 9.17) is 0 Å². The van der Waals surface area contributed by atoms with Crippen molar-refractivity contribution in [2.45, 2.75) is 6.54 Å². The molecule has 1 aromatic carbocycles. The average Bonchev–Trinajstić information content (AvgIpc) is 2.42. The highest BCUT2D eigenvalue weighted by atomic mass is 79.9. The zero-order valence-corrected chi connectivity index (χ0v) is 7.61. The van der Waals surface area contributed by atoms with E-state index in [1.165, 1.54) is 6.07 Å². The molecular formula is C8H5BrFNO. The molecule has 1 heterocycles. The summed E-state index contributed by atoms with van der Waals surface area (Å²) in [5, 5.41) is 2.56. The van der Waals surface area contributed by atoms with Crippen LogP contribution in [0.15, 0.2) is 16.6 Å². The van der Waals surface area contributed by atoms with E-state index < -0.39 is 0 Å². The largest absolute Gasteiger partial charge is 0.348 e. The third kappa shape index (κ3) is 0.948. The zero-order valence-electron chi connectivity index (χ0n) is 6.03. The van der Waals surface area contributed by atoms with Crippen molar-refractivity contribution >= 4 is 21.8 Å². The monoisotopic (exact) mass is 229 g/mol. The quantitative estimate of drug-likeness (QED) is 0.723. The fourth-order valence-corrected chi connectivity index (χ4v) is 1.82. The third-order valence-corrected chi connectivity index (χ3v) is 2.52. The van der Waals surface area contributed by atoms with Crippen LogP contribution >= 0.6 is 15.9 Å². The summed E-state index contributed by atoms with van der Waals surface area (Å²) in [5.41, 5.74) is 0.879. The van der Waals surface area contributed by atoms with E-state index in [0.717, 1.165) is 0 Å². The van der Waals surface area contributed by atoms with Crippen molar-refractivity contribution in [2.24, 2.45) is 0 Å². The molecule has 0 unspecified atom stereocenters. The minimum Gasteiger partial charge on any atom is -0.348 e. The molecule has 1 amide bonds. The van der Waals surface area contributed by atoms with Crippen molar-refractivity contribution in [3.05, 3.63) is 33.5 Å². The van der Waals surface area contributed by atoms with Crippen molar-refractivity contribution in [3.8, 4) is 0 Å². The second-order valence-corrected chi connectivity index (χ2v) is 3.42. The maximum atomic E-state index is 13.0. The van der Waals surface area contributed by atoms with Gasteiger partial charge < -0.3 is 5.32 Å². The van der Waals surface area contributed by atoms with Crippen LogP contribution in [0.1, 0.15) is 15.9 Å². The van der Waals surface area contributed by atoms with E-state index in [1.807, 2.05) is 0 Å². The van der Waals surface area contributed by atoms with Crippen molar-refractivity contribution in [3.63, 3.8) is 0 Å². The Morgan fingerprint density at radius 3 is 2.92 bits per heavy atom. The minimum absolute atomic E-state index is 0.212. The zero-order chi connectivity index (χ0) is 8.72. The van der Waals surface area contributed by atoms with Gasteiger partial charge in [0.15, 0.2) is 0 Å². The Labute approximate surface area is 76.9 Å². The predicted molar refractivity (Wildman–Crippen MR) is 45.3 cm³/mol. The molecule has 62 valence electrons. The molecule has 0 saturated heterocycles. The number of halogens is 2. The van der Waals surface area contributed by atoms with Crippen molar-refractivity contribution in [2.75, 3.05) is 0 Å². The number of hydrogen-bond acceptors (Lipinski definition) is 1. The summed E-state index contributed by atoms with van der Waals surface area (Å²) in [6, 6.07) is 2.89. The van der Waals surface area contributed by atoms with Gasteiger partial charge in [-0.15, -0.1) is 0 Å². The first kappa shape index (κ1) is 7.73. The third-order valence-electron chi connectivity index (χ3n) is 1.86. The highest BCUT2D eigenvalue weighted by molar-refractivity contribution is 9.10. The van der Waals surface area contributed by atoms with Gasteiger partial charge in [-0.2, -0.15) is 0 Å². The van der Waals surface area contributed by atoms with Crippen LogP contribution in [0.4, 0.5) is 4.39 Å². The first-order chi connectivity index (χ1) is 5.70. The van der Waals surface area contributed by atoms with Gasteiger partial charge in [-0.1, -0.05) is 0 Å². The molecular weight excluding hydrogens is 225 g/mol. The average molecular weight is 230 g/mol. The van der Waals surface area contributed by atoms with Crippen LogP contribution in [0.2, 0.25) is 0 Å². The molecule has 12 heavy (non-hydrogen) atoms. The van der Waals surface area contributed by atoms with E-state index >= 15 is 0 Å². The number of nitrogens with one attached hydrogen (secondary N) is 1. The summed E-state index contributed by atoms with van der Waals surface area (Å²) in [6.45, 7) is 0.291. The van der Waals surface area contributed by atoms with Crippen LogP contribution in [0.3, 0.4) is 0 Å². The number of rotatable bonds is 0. The number of amides is 1. The van der Waals surface area contributed by atoms with E-state index in [-0.39, 0.29) is 11.7 Å². The molecule has 0 fully saturated rings. The van der Waals surface area contributed by atoms with E-state index in [1.54, 1.807) is 6.07 Å². The molecule has 0 aliphatic carbocycles. The standard InChI is InChI=1S/C8H5BrFNO/c9-5-1-2-6(10)4-3-11-8(12)7(4)5/h1-2H,3H2,(H,11,12). The fourth-order valence-electron chi connectivity index (χ4n) is 1.27. The second kappa shape index (κ2) is 2.55. The number of carbonyl (C=O) groups excluding carboxylic acids is 1. The number of fused-ring (bicyclic) bond motifs is 1. The first-order valence-corrected chi connectivity index (χ1v) is 4.24. The summed E-state index contributed by atoms with van der Waals surface area (Å²) in [6.07, 6.45) is 0. The molecule has 1 aliphatic heterocycles. The minimum atomic E-state index is -0.327. The van der Waals surface area contributed by atoms with Crippen LogP contribution in [0.5, 0.6) is 0 Å². The number of carbonyl (C=O) groups is 1. The maximum absolute atomic E-state index is 13.0. The Kier molecular flexibility index (Phi) is 1.65. The molecule has 1 aliphatic rings. The van der Waals surface area contributed by atoms with Crippen LogP contribution < -0.4 is 5.32 Å². The Hall–Kier alpha value is -0.900. The lowest BCUT2D eigenvalue weighted by Crippen LogP contribution is -2.12. The van der Waals surface area contributed by atoms with Crippen molar-refractivity contribution < 1.29 is 9.18 Å². The molecule has 0 spiro atoms. The summed E-state index contributed by atoms with van der Waals surface area (Å²) in [7, 11) is 0. The van der Waals surface area contributed by atoms with Crippen LogP contribution in [-0.4, -0.2) is 5.91 Å². The molecule has 1 aromatic rings. The Morgan fingerprint density at radius 2 is 2.25 bits per heavy atom. The van der Waals surface area contributed by atoms with Crippen molar-refractivity contribution in [1.29, 1.82) is 0 Å². The lowest BCUT2D eigenvalue weighted by atomic mass is 10.1. The predicted octanol–water partition coefficient (Wildman–Crippen LogP) is 1.83. The van der Waals surface area contributed by atoms with E-state index in [2.05, 4.69) is 21.2 Å². The van der Waals surface area contributed by atoms with E-state index in [9.17, 15) is 9.18 Å². The summed E-state index contributed by atoms with van der Waals surface area (Å²) in [4.78, 5) is 11.1. The number of hydrogen-bond donors (Lipinski definition) is 1.